The highest BCUT2D eigenvalue weighted by Crippen LogP contribution is 2.36. The fourth-order valence-electron chi connectivity index (χ4n) is 4.68. The number of esters is 1. The van der Waals surface area contributed by atoms with E-state index in [1.807, 2.05) is 0 Å². The molecule has 0 aromatic heterocycles. The van der Waals surface area contributed by atoms with Crippen molar-refractivity contribution in [3.63, 3.8) is 0 Å². The second-order valence-electron chi connectivity index (χ2n) is 12.6. The van der Waals surface area contributed by atoms with Crippen LogP contribution in [0.3, 0.4) is 0 Å². The van der Waals surface area contributed by atoms with Gasteiger partial charge >= 0.3 is 5.97 Å². The van der Waals surface area contributed by atoms with Crippen LogP contribution in [0, 0.1) is 16.7 Å². The molecule has 0 saturated carbocycles. The lowest BCUT2D eigenvalue weighted by Crippen LogP contribution is -2.52. The normalized spacial score (nSPS) is 13.9. The van der Waals surface area contributed by atoms with Crippen molar-refractivity contribution in [1.29, 1.82) is 0 Å². The molecule has 0 rings (SSSR count). The molecule has 0 aromatic carbocycles. The zero-order chi connectivity index (χ0) is 24.7. The van der Waals surface area contributed by atoms with Crippen LogP contribution in [0.1, 0.15) is 133 Å². The maximum Gasteiger partial charge on any atom is 0.309 e. The highest BCUT2D eigenvalue weighted by Gasteiger charge is 2.36. The van der Waals surface area contributed by atoms with E-state index in [1.165, 1.54) is 83.8 Å². The molecular formula is C29H60NO2+. The third kappa shape index (κ3) is 14.6. The van der Waals surface area contributed by atoms with Crippen LogP contribution in [0.15, 0.2) is 0 Å². The Morgan fingerprint density at radius 2 is 1.16 bits per heavy atom. The van der Waals surface area contributed by atoms with Crippen molar-refractivity contribution < 1.29 is 14.0 Å². The Kier molecular flexibility index (Phi) is 15.8. The highest BCUT2D eigenvalue weighted by molar-refractivity contribution is 5.73. The van der Waals surface area contributed by atoms with E-state index in [-0.39, 0.29) is 22.7 Å². The molecule has 0 amide bonds. The second kappa shape index (κ2) is 16.1. The molecule has 0 saturated heterocycles. The molecule has 192 valence electrons. The molecule has 32 heavy (non-hydrogen) atoms. The summed E-state index contributed by atoms with van der Waals surface area (Å²) in [6, 6.07) is 0. The van der Waals surface area contributed by atoms with E-state index < -0.39 is 0 Å². The summed E-state index contributed by atoms with van der Waals surface area (Å²) in [5.41, 5.74) is 0.0516. The Morgan fingerprint density at radius 1 is 0.688 bits per heavy atom. The predicted molar refractivity (Wildman–Crippen MR) is 141 cm³/mol. The molecule has 0 aliphatic carbocycles. The molecule has 1 unspecified atom stereocenters. The van der Waals surface area contributed by atoms with Crippen LogP contribution in [0.4, 0.5) is 0 Å². The average Bonchev–Trinajstić information content (AvgIpc) is 2.69. The van der Waals surface area contributed by atoms with E-state index >= 15 is 0 Å². The Bertz CT molecular complexity index is 465. The maximum absolute atomic E-state index is 13.1. The third-order valence-electron chi connectivity index (χ3n) is 6.91. The summed E-state index contributed by atoms with van der Waals surface area (Å²) in [5, 5.41) is 0. The number of nitrogens with zero attached hydrogens (tertiary/aromatic N) is 1. The van der Waals surface area contributed by atoms with Gasteiger partial charge < -0.3 is 9.22 Å². The number of carbonyl (C=O) groups excluding carboxylic acids is 1. The Balaban J connectivity index is 5.08. The van der Waals surface area contributed by atoms with Crippen LogP contribution in [-0.4, -0.2) is 43.2 Å². The number of quaternary nitrogens is 1. The van der Waals surface area contributed by atoms with Crippen molar-refractivity contribution in [3.8, 4) is 0 Å². The fraction of sp³-hybridized carbons (Fsp3) is 0.966. The first kappa shape index (κ1) is 31.4. The average molecular weight is 455 g/mol. The van der Waals surface area contributed by atoms with Crippen molar-refractivity contribution in [3.05, 3.63) is 0 Å². The van der Waals surface area contributed by atoms with E-state index in [4.69, 9.17) is 4.74 Å². The summed E-state index contributed by atoms with van der Waals surface area (Å²) >= 11 is 0. The Morgan fingerprint density at radius 3 is 1.62 bits per heavy atom. The number of carbonyl (C=O) groups is 1. The molecular weight excluding hydrogens is 394 g/mol. The van der Waals surface area contributed by atoms with Crippen molar-refractivity contribution in [2.24, 2.45) is 16.7 Å². The van der Waals surface area contributed by atoms with Gasteiger partial charge in [0, 0.05) is 0 Å². The molecule has 0 radical (unpaired) electrons. The second-order valence-corrected chi connectivity index (χ2v) is 12.6. The number of unbranched alkanes of at least 4 members (excludes halogenated alkanes) is 7. The summed E-state index contributed by atoms with van der Waals surface area (Å²) in [4.78, 5) is 13.1. The SMILES string of the molecule is CCCCCCCC[N+](CCCC)(CCCC)CCOC(=O)C(CC(C)(C)C)C(C)(C)C. The topological polar surface area (TPSA) is 26.3 Å². The molecule has 1 atom stereocenters. The van der Waals surface area contributed by atoms with E-state index in [1.54, 1.807) is 0 Å². The number of hydrogen-bond donors (Lipinski definition) is 0. The fourth-order valence-corrected chi connectivity index (χ4v) is 4.68. The first-order valence-electron chi connectivity index (χ1n) is 13.9. The van der Waals surface area contributed by atoms with E-state index in [0.29, 0.717) is 6.61 Å². The van der Waals surface area contributed by atoms with Gasteiger partial charge in [-0.3, -0.25) is 4.79 Å². The summed E-state index contributed by atoms with van der Waals surface area (Å²) in [7, 11) is 0. The maximum atomic E-state index is 13.1. The minimum atomic E-state index is -0.0702. The molecule has 0 heterocycles. The van der Waals surface area contributed by atoms with Crippen LogP contribution in [-0.2, 0) is 9.53 Å². The van der Waals surface area contributed by atoms with Crippen LogP contribution in [0.25, 0.3) is 0 Å². The van der Waals surface area contributed by atoms with Gasteiger partial charge in [-0.05, 0) is 42.9 Å². The zero-order valence-corrected chi connectivity index (χ0v) is 23.7. The van der Waals surface area contributed by atoms with Gasteiger partial charge in [-0.2, -0.15) is 0 Å². The summed E-state index contributed by atoms with van der Waals surface area (Å²) in [6.45, 7) is 25.3. The molecule has 0 fully saturated rings. The molecule has 0 spiro atoms. The zero-order valence-electron chi connectivity index (χ0n) is 23.7. The summed E-state index contributed by atoms with van der Waals surface area (Å²) in [6.07, 6.45) is 13.9. The largest absolute Gasteiger partial charge is 0.459 e. The monoisotopic (exact) mass is 454 g/mol. The van der Waals surface area contributed by atoms with E-state index in [9.17, 15) is 4.79 Å². The molecule has 3 nitrogen and oxygen atoms in total. The smallest absolute Gasteiger partial charge is 0.309 e. The Hall–Kier alpha value is -0.570. The van der Waals surface area contributed by atoms with Crippen molar-refractivity contribution in [2.75, 3.05) is 32.8 Å². The van der Waals surface area contributed by atoms with Gasteiger partial charge in [0.05, 0.1) is 25.6 Å². The van der Waals surface area contributed by atoms with Crippen LogP contribution < -0.4 is 0 Å². The van der Waals surface area contributed by atoms with Gasteiger partial charge in [0.1, 0.15) is 13.2 Å². The minimum Gasteiger partial charge on any atom is -0.459 e. The lowest BCUT2D eigenvalue weighted by Gasteiger charge is -2.39. The summed E-state index contributed by atoms with van der Waals surface area (Å²) in [5.74, 6) is -0.0367. The molecule has 0 N–H and O–H groups in total. The lowest BCUT2D eigenvalue weighted by atomic mass is 9.72. The Labute approximate surface area is 202 Å². The van der Waals surface area contributed by atoms with E-state index in [2.05, 4.69) is 62.3 Å². The molecule has 0 aromatic rings. The van der Waals surface area contributed by atoms with Gasteiger partial charge in [-0.15, -0.1) is 0 Å². The van der Waals surface area contributed by atoms with Gasteiger partial charge in [0.15, 0.2) is 0 Å². The lowest BCUT2D eigenvalue weighted by molar-refractivity contribution is -0.929. The summed E-state index contributed by atoms with van der Waals surface area (Å²) < 4.78 is 7.14. The number of ether oxygens (including phenoxy) is 1. The van der Waals surface area contributed by atoms with E-state index in [0.717, 1.165) is 17.4 Å². The molecule has 0 bridgehead atoms. The molecule has 0 aliphatic rings. The number of rotatable bonds is 18. The van der Waals surface area contributed by atoms with Gasteiger partial charge in [0.25, 0.3) is 0 Å². The van der Waals surface area contributed by atoms with Gasteiger partial charge in [-0.25, -0.2) is 0 Å². The van der Waals surface area contributed by atoms with Crippen LogP contribution in [0.5, 0.6) is 0 Å². The van der Waals surface area contributed by atoms with Crippen LogP contribution in [0.2, 0.25) is 0 Å². The third-order valence-corrected chi connectivity index (χ3v) is 6.91. The number of hydrogen-bond acceptors (Lipinski definition) is 2. The first-order chi connectivity index (χ1) is 14.9. The van der Waals surface area contributed by atoms with Crippen molar-refractivity contribution in [2.45, 2.75) is 133 Å². The van der Waals surface area contributed by atoms with Crippen LogP contribution >= 0.6 is 0 Å². The highest BCUT2D eigenvalue weighted by atomic mass is 16.5. The van der Waals surface area contributed by atoms with Gasteiger partial charge in [-0.1, -0.05) is 101 Å². The minimum absolute atomic E-state index is 0.0103. The predicted octanol–water partition coefficient (Wildman–Crippen LogP) is 8.41. The van der Waals surface area contributed by atoms with Gasteiger partial charge in [0.2, 0.25) is 0 Å². The standard InChI is InChI=1S/C29H60NO2/c1-10-13-16-17-18-19-22-30(20-14-11-2,21-15-12-3)23-24-32-27(31)26(29(7,8)9)25-28(4,5)6/h26H,10-25H2,1-9H3/q+1. The van der Waals surface area contributed by atoms with Crippen molar-refractivity contribution >= 4 is 5.97 Å². The first-order valence-corrected chi connectivity index (χ1v) is 13.9. The molecule has 3 heteroatoms. The van der Waals surface area contributed by atoms with Crippen molar-refractivity contribution in [1.82, 2.24) is 0 Å². The quantitative estimate of drug-likeness (QED) is 0.118. The molecule has 0 aliphatic heterocycles.